The molecule has 2 rings (SSSR count). The lowest BCUT2D eigenvalue weighted by Gasteiger charge is -2.10. The SMILES string of the molecule is COc1c(C)cc(C2CC2)cc1C. The van der Waals surface area contributed by atoms with Crippen LogP contribution in [0.25, 0.3) is 0 Å². The molecule has 0 atom stereocenters. The Labute approximate surface area is 79.7 Å². The predicted octanol–water partition coefficient (Wildman–Crippen LogP) is 3.19. The van der Waals surface area contributed by atoms with Gasteiger partial charge in [-0.1, -0.05) is 12.1 Å². The molecule has 0 unspecified atom stereocenters. The molecule has 1 fully saturated rings. The van der Waals surface area contributed by atoms with Crippen molar-refractivity contribution in [3.63, 3.8) is 0 Å². The van der Waals surface area contributed by atoms with Gasteiger partial charge >= 0.3 is 0 Å². The molecule has 1 aliphatic carbocycles. The maximum absolute atomic E-state index is 5.33. The van der Waals surface area contributed by atoms with Crippen LogP contribution in [0, 0.1) is 13.8 Å². The van der Waals surface area contributed by atoms with E-state index in [-0.39, 0.29) is 0 Å². The summed E-state index contributed by atoms with van der Waals surface area (Å²) in [6, 6.07) is 4.53. The molecular formula is C12H16O. The number of hydrogen-bond donors (Lipinski definition) is 0. The van der Waals surface area contributed by atoms with Gasteiger partial charge in [0, 0.05) is 0 Å². The zero-order valence-corrected chi connectivity index (χ0v) is 8.55. The second kappa shape index (κ2) is 3.06. The van der Waals surface area contributed by atoms with E-state index in [4.69, 9.17) is 4.74 Å². The van der Waals surface area contributed by atoms with Crippen molar-refractivity contribution in [3.05, 3.63) is 28.8 Å². The van der Waals surface area contributed by atoms with E-state index in [2.05, 4.69) is 26.0 Å². The lowest BCUT2D eigenvalue weighted by atomic mass is 10.0. The molecule has 1 heteroatoms. The molecule has 1 nitrogen and oxygen atoms in total. The first-order valence-electron chi connectivity index (χ1n) is 4.87. The summed E-state index contributed by atoms with van der Waals surface area (Å²) in [6.07, 6.45) is 2.73. The molecule has 0 aliphatic heterocycles. The van der Waals surface area contributed by atoms with Crippen molar-refractivity contribution in [3.8, 4) is 5.75 Å². The number of aryl methyl sites for hydroxylation is 2. The largest absolute Gasteiger partial charge is 0.496 e. The molecule has 0 amide bonds. The van der Waals surface area contributed by atoms with E-state index < -0.39 is 0 Å². The van der Waals surface area contributed by atoms with Gasteiger partial charge in [-0.25, -0.2) is 0 Å². The molecule has 1 aliphatic rings. The Hall–Kier alpha value is -0.980. The fourth-order valence-electron chi connectivity index (χ4n) is 1.96. The quantitative estimate of drug-likeness (QED) is 0.672. The standard InChI is InChI=1S/C12H16O/c1-8-6-11(10-4-5-10)7-9(2)12(8)13-3/h6-7,10H,4-5H2,1-3H3. The van der Waals surface area contributed by atoms with Crippen LogP contribution in [0.15, 0.2) is 12.1 Å². The zero-order valence-electron chi connectivity index (χ0n) is 8.55. The monoisotopic (exact) mass is 176 g/mol. The maximum Gasteiger partial charge on any atom is 0.124 e. The van der Waals surface area contributed by atoms with Crippen molar-refractivity contribution in [1.29, 1.82) is 0 Å². The van der Waals surface area contributed by atoms with Crippen LogP contribution in [0.1, 0.15) is 35.4 Å². The number of methoxy groups -OCH3 is 1. The van der Waals surface area contributed by atoms with Gasteiger partial charge in [0.15, 0.2) is 0 Å². The van der Waals surface area contributed by atoms with Gasteiger partial charge in [0.05, 0.1) is 7.11 Å². The van der Waals surface area contributed by atoms with Crippen LogP contribution in [-0.2, 0) is 0 Å². The molecule has 70 valence electrons. The Balaban J connectivity index is 2.42. The highest BCUT2D eigenvalue weighted by Gasteiger charge is 2.24. The van der Waals surface area contributed by atoms with Gasteiger partial charge in [-0.2, -0.15) is 0 Å². The number of ether oxygens (including phenoxy) is 1. The van der Waals surface area contributed by atoms with Crippen LogP contribution in [0.4, 0.5) is 0 Å². The first kappa shape index (κ1) is 8.61. The molecule has 0 heterocycles. The summed E-state index contributed by atoms with van der Waals surface area (Å²) in [5, 5.41) is 0. The van der Waals surface area contributed by atoms with E-state index >= 15 is 0 Å². The smallest absolute Gasteiger partial charge is 0.124 e. The van der Waals surface area contributed by atoms with Crippen LogP contribution in [0.5, 0.6) is 5.75 Å². The van der Waals surface area contributed by atoms with Crippen molar-refractivity contribution in [1.82, 2.24) is 0 Å². The molecule has 0 aromatic heterocycles. The fraction of sp³-hybridized carbons (Fsp3) is 0.500. The minimum atomic E-state index is 0.836. The lowest BCUT2D eigenvalue weighted by Crippen LogP contribution is -1.93. The molecule has 1 aromatic rings. The topological polar surface area (TPSA) is 9.23 Å². The first-order chi connectivity index (χ1) is 6.22. The number of hydrogen-bond acceptors (Lipinski definition) is 1. The van der Waals surface area contributed by atoms with Gasteiger partial charge < -0.3 is 4.74 Å². The van der Waals surface area contributed by atoms with Crippen LogP contribution < -0.4 is 4.74 Å². The molecule has 0 saturated heterocycles. The summed E-state index contributed by atoms with van der Waals surface area (Å²) >= 11 is 0. The van der Waals surface area contributed by atoms with Gasteiger partial charge in [-0.05, 0) is 49.3 Å². The van der Waals surface area contributed by atoms with Crippen molar-refractivity contribution >= 4 is 0 Å². The molecule has 1 saturated carbocycles. The van der Waals surface area contributed by atoms with Crippen LogP contribution in [0.2, 0.25) is 0 Å². The molecule has 1 aromatic carbocycles. The van der Waals surface area contributed by atoms with Gasteiger partial charge in [-0.15, -0.1) is 0 Å². The van der Waals surface area contributed by atoms with Crippen molar-refractivity contribution in [2.24, 2.45) is 0 Å². The zero-order chi connectivity index (χ0) is 9.42. The van der Waals surface area contributed by atoms with Gasteiger partial charge in [0.25, 0.3) is 0 Å². The third kappa shape index (κ3) is 1.55. The summed E-state index contributed by atoms with van der Waals surface area (Å²) in [5.74, 6) is 1.88. The summed E-state index contributed by atoms with van der Waals surface area (Å²) in [7, 11) is 1.74. The summed E-state index contributed by atoms with van der Waals surface area (Å²) < 4.78 is 5.33. The molecule has 0 radical (unpaired) electrons. The normalized spacial score (nSPS) is 15.9. The minimum absolute atomic E-state index is 0.836. The van der Waals surface area contributed by atoms with Gasteiger partial charge in [-0.3, -0.25) is 0 Å². The third-order valence-electron chi connectivity index (χ3n) is 2.74. The first-order valence-corrected chi connectivity index (χ1v) is 4.87. The summed E-state index contributed by atoms with van der Waals surface area (Å²) in [4.78, 5) is 0. The molecule has 0 bridgehead atoms. The van der Waals surface area contributed by atoms with Gasteiger partial charge in [0.2, 0.25) is 0 Å². The second-order valence-electron chi connectivity index (χ2n) is 3.96. The fourth-order valence-corrected chi connectivity index (χ4v) is 1.96. The lowest BCUT2D eigenvalue weighted by molar-refractivity contribution is 0.408. The highest BCUT2D eigenvalue weighted by molar-refractivity contribution is 5.45. The van der Waals surface area contributed by atoms with E-state index in [1.165, 1.54) is 29.5 Å². The van der Waals surface area contributed by atoms with E-state index in [1.807, 2.05) is 0 Å². The van der Waals surface area contributed by atoms with E-state index in [0.29, 0.717) is 0 Å². The highest BCUT2D eigenvalue weighted by Crippen LogP contribution is 2.42. The van der Waals surface area contributed by atoms with Crippen molar-refractivity contribution in [2.45, 2.75) is 32.6 Å². The third-order valence-corrected chi connectivity index (χ3v) is 2.74. The molecule has 13 heavy (non-hydrogen) atoms. The average molecular weight is 176 g/mol. The Kier molecular flexibility index (Phi) is 2.03. The number of benzene rings is 1. The Morgan fingerprint density at radius 2 is 1.69 bits per heavy atom. The Morgan fingerprint density at radius 3 is 2.08 bits per heavy atom. The summed E-state index contributed by atoms with van der Waals surface area (Å²) in [6.45, 7) is 4.25. The molecule has 0 N–H and O–H groups in total. The van der Waals surface area contributed by atoms with Crippen LogP contribution in [0.3, 0.4) is 0 Å². The highest BCUT2D eigenvalue weighted by atomic mass is 16.5. The van der Waals surface area contributed by atoms with E-state index in [0.717, 1.165) is 11.7 Å². The van der Waals surface area contributed by atoms with Crippen LogP contribution >= 0.6 is 0 Å². The van der Waals surface area contributed by atoms with Crippen molar-refractivity contribution < 1.29 is 4.74 Å². The van der Waals surface area contributed by atoms with E-state index in [9.17, 15) is 0 Å². The van der Waals surface area contributed by atoms with Crippen molar-refractivity contribution in [2.75, 3.05) is 7.11 Å². The molecular weight excluding hydrogens is 160 g/mol. The predicted molar refractivity (Wildman–Crippen MR) is 54.4 cm³/mol. The van der Waals surface area contributed by atoms with E-state index in [1.54, 1.807) is 7.11 Å². The Bertz CT molecular complexity index is 301. The number of rotatable bonds is 2. The Morgan fingerprint density at radius 1 is 1.15 bits per heavy atom. The van der Waals surface area contributed by atoms with Crippen LogP contribution in [-0.4, -0.2) is 7.11 Å². The average Bonchev–Trinajstić information content (AvgIpc) is 2.85. The second-order valence-corrected chi connectivity index (χ2v) is 3.96. The maximum atomic E-state index is 5.33. The van der Waals surface area contributed by atoms with Gasteiger partial charge in [0.1, 0.15) is 5.75 Å². The summed E-state index contributed by atoms with van der Waals surface area (Å²) in [5.41, 5.74) is 4.03. The molecule has 0 spiro atoms. The minimum Gasteiger partial charge on any atom is -0.496 e.